The van der Waals surface area contributed by atoms with E-state index in [0.29, 0.717) is 0 Å². The third kappa shape index (κ3) is 6.59. The van der Waals surface area contributed by atoms with E-state index < -0.39 is 72.6 Å². The van der Waals surface area contributed by atoms with Crippen LogP contribution < -0.4 is 10.6 Å². The smallest absolute Gasteiger partial charge is 0.414 e. The standard InChI is InChI=1S/C27H33N5O11/c1-12(2)23(35)39-9-17-20(43-24(36)13(3)4)27(6,38)25(42-17)32-8-15-16(30-26(37)41-11-40-14(5)33)7-18(34)31-21-19(15)22(32)29-10-28-21/h7-8,10,12-13,17,20,25,38H,9,11H2,1-6H3,(H,30,37)(H,28,29,31,34). The van der Waals surface area contributed by atoms with Crippen molar-refractivity contribution in [3.05, 3.63) is 24.2 Å². The van der Waals surface area contributed by atoms with Crippen LogP contribution in [0.25, 0.3) is 16.7 Å². The quantitative estimate of drug-likeness (QED) is 0.211. The zero-order chi connectivity index (χ0) is 31.6. The SMILES string of the molecule is CC(=O)OCOC(=O)NC1=CC(=O)Nc2ncnc3c2c1cn3C1OC(COC(=O)C(C)C)C(OC(=O)C(C)C)C1(C)O. The van der Waals surface area contributed by atoms with E-state index in [2.05, 4.69) is 25.3 Å². The first-order chi connectivity index (χ1) is 20.2. The third-order valence-corrected chi connectivity index (χ3v) is 6.65. The first kappa shape index (κ1) is 31.4. The molecule has 0 spiro atoms. The number of nitrogens with one attached hydrogen (secondary N) is 2. The number of nitrogens with zero attached hydrogens (tertiary/aromatic N) is 3. The minimum atomic E-state index is -1.89. The summed E-state index contributed by atoms with van der Waals surface area (Å²) in [6.45, 7) is 8.15. The normalized spacial score (nSPS) is 23.0. The van der Waals surface area contributed by atoms with Crippen LogP contribution in [0, 0.1) is 11.8 Å². The lowest BCUT2D eigenvalue weighted by atomic mass is 9.96. The van der Waals surface area contributed by atoms with Gasteiger partial charge in [0.15, 0.2) is 12.3 Å². The monoisotopic (exact) mass is 603 g/mol. The molecule has 0 bridgehead atoms. The van der Waals surface area contributed by atoms with Crippen molar-refractivity contribution in [3.63, 3.8) is 0 Å². The van der Waals surface area contributed by atoms with E-state index in [1.165, 1.54) is 24.0 Å². The van der Waals surface area contributed by atoms with Crippen molar-refractivity contribution < 1.29 is 52.8 Å². The lowest BCUT2D eigenvalue weighted by Gasteiger charge is -2.30. The number of rotatable bonds is 9. The van der Waals surface area contributed by atoms with Crippen LogP contribution in [0.5, 0.6) is 0 Å². The van der Waals surface area contributed by atoms with E-state index in [4.69, 9.17) is 18.9 Å². The number of alkyl carbamates (subject to hydrolysis) is 1. The number of esters is 3. The third-order valence-electron chi connectivity index (χ3n) is 6.65. The van der Waals surface area contributed by atoms with Crippen LogP contribution in [0.3, 0.4) is 0 Å². The summed E-state index contributed by atoms with van der Waals surface area (Å²) in [5.41, 5.74) is -1.48. The van der Waals surface area contributed by atoms with Crippen molar-refractivity contribution in [2.24, 2.45) is 11.8 Å². The lowest BCUT2D eigenvalue weighted by Crippen LogP contribution is -2.48. The summed E-state index contributed by atoms with van der Waals surface area (Å²) in [6, 6.07) is 0. The molecule has 3 N–H and O–H groups in total. The summed E-state index contributed by atoms with van der Waals surface area (Å²) in [7, 11) is 0. The van der Waals surface area contributed by atoms with E-state index in [0.717, 1.165) is 13.0 Å². The molecular formula is C27H33N5O11. The molecule has 4 unspecified atom stereocenters. The number of amides is 2. The Morgan fingerprint density at radius 1 is 1.12 bits per heavy atom. The van der Waals surface area contributed by atoms with Gasteiger partial charge < -0.3 is 38.7 Å². The highest BCUT2D eigenvalue weighted by molar-refractivity contribution is 6.14. The van der Waals surface area contributed by atoms with Crippen molar-refractivity contribution in [2.45, 2.75) is 65.6 Å². The fraction of sp³-hybridized carbons (Fsp3) is 0.519. The number of aliphatic hydroxyl groups is 1. The predicted octanol–water partition coefficient (Wildman–Crippen LogP) is 1.39. The van der Waals surface area contributed by atoms with Gasteiger partial charge in [0, 0.05) is 24.8 Å². The van der Waals surface area contributed by atoms with Gasteiger partial charge in [0.1, 0.15) is 36.1 Å². The van der Waals surface area contributed by atoms with Crippen LogP contribution in [-0.2, 0) is 42.9 Å². The highest BCUT2D eigenvalue weighted by Crippen LogP contribution is 2.44. The van der Waals surface area contributed by atoms with Crippen LogP contribution in [-0.4, -0.2) is 80.8 Å². The molecule has 16 nitrogen and oxygen atoms in total. The molecule has 4 heterocycles. The van der Waals surface area contributed by atoms with Crippen molar-refractivity contribution in [2.75, 3.05) is 18.7 Å². The number of carbonyl (C=O) groups excluding carboxylic acids is 5. The number of aromatic nitrogens is 3. The van der Waals surface area contributed by atoms with Crippen LogP contribution in [0.15, 0.2) is 18.6 Å². The molecule has 0 aliphatic carbocycles. The molecule has 2 aromatic rings. The Morgan fingerprint density at radius 3 is 2.47 bits per heavy atom. The van der Waals surface area contributed by atoms with Gasteiger partial charge in [0.25, 0.3) is 5.91 Å². The first-order valence-corrected chi connectivity index (χ1v) is 13.4. The minimum Gasteiger partial charge on any atom is -0.463 e. The highest BCUT2D eigenvalue weighted by atomic mass is 16.7. The second-order valence-electron chi connectivity index (χ2n) is 10.8. The van der Waals surface area contributed by atoms with Crippen molar-refractivity contribution in [1.82, 2.24) is 19.9 Å². The maximum atomic E-state index is 12.6. The summed E-state index contributed by atoms with van der Waals surface area (Å²) < 4.78 is 28.1. The Bertz CT molecular complexity index is 1480. The Balaban J connectivity index is 1.74. The number of carbonyl (C=O) groups is 5. The van der Waals surface area contributed by atoms with E-state index in [1.54, 1.807) is 27.7 Å². The second-order valence-corrected chi connectivity index (χ2v) is 10.8. The molecule has 232 valence electrons. The molecule has 1 fully saturated rings. The van der Waals surface area contributed by atoms with Crippen molar-refractivity contribution >= 4 is 52.5 Å². The van der Waals surface area contributed by atoms with Crippen molar-refractivity contribution in [3.8, 4) is 0 Å². The number of hydrogen-bond acceptors (Lipinski definition) is 13. The predicted molar refractivity (Wildman–Crippen MR) is 145 cm³/mol. The van der Waals surface area contributed by atoms with Crippen LogP contribution in [0.4, 0.5) is 10.6 Å². The number of hydrogen-bond donors (Lipinski definition) is 3. The molecule has 0 aromatic carbocycles. The zero-order valence-electron chi connectivity index (χ0n) is 24.4. The van der Waals surface area contributed by atoms with Gasteiger partial charge in [-0.1, -0.05) is 27.7 Å². The maximum Gasteiger partial charge on any atom is 0.414 e. The summed E-state index contributed by atoms with van der Waals surface area (Å²) in [6.07, 6.45) is -0.875. The second kappa shape index (κ2) is 12.3. The average molecular weight is 604 g/mol. The number of ether oxygens (including phenoxy) is 5. The molecule has 43 heavy (non-hydrogen) atoms. The summed E-state index contributed by atoms with van der Waals surface area (Å²) >= 11 is 0. The molecule has 1 saturated heterocycles. The molecule has 2 aromatic heterocycles. The van der Waals surface area contributed by atoms with Gasteiger partial charge in [0.2, 0.25) is 6.79 Å². The van der Waals surface area contributed by atoms with Crippen LogP contribution in [0.2, 0.25) is 0 Å². The average Bonchev–Trinajstić information content (AvgIpc) is 3.36. The highest BCUT2D eigenvalue weighted by Gasteiger charge is 2.57. The summed E-state index contributed by atoms with van der Waals surface area (Å²) in [5.74, 6) is -3.24. The van der Waals surface area contributed by atoms with Gasteiger partial charge >= 0.3 is 24.0 Å². The van der Waals surface area contributed by atoms with Crippen LogP contribution >= 0.6 is 0 Å². The van der Waals surface area contributed by atoms with Gasteiger partial charge in [-0.25, -0.2) is 14.8 Å². The van der Waals surface area contributed by atoms with Crippen molar-refractivity contribution in [1.29, 1.82) is 0 Å². The van der Waals surface area contributed by atoms with E-state index in [9.17, 15) is 29.1 Å². The molecule has 2 aliphatic heterocycles. The van der Waals surface area contributed by atoms with E-state index in [1.807, 2.05) is 0 Å². The fourth-order valence-corrected chi connectivity index (χ4v) is 4.49. The zero-order valence-corrected chi connectivity index (χ0v) is 24.4. The molecule has 0 radical (unpaired) electrons. The van der Waals surface area contributed by atoms with Gasteiger partial charge in [-0.2, -0.15) is 0 Å². The molecule has 4 rings (SSSR count). The Hall–Kier alpha value is -4.57. The van der Waals surface area contributed by atoms with Gasteiger partial charge in [-0.3, -0.25) is 24.5 Å². The number of anilines is 1. The molecule has 2 aliphatic rings. The Kier molecular flexibility index (Phi) is 9.01. The van der Waals surface area contributed by atoms with Crippen LogP contribution in [0.1, 0.15) is 53.3 Å². The molecule has 2 amide bonds. The van der Waals surface area contributed by atoms with Gasteiger partial charge in [-0.05, 0) is 6.92 Å². The maximum absolute atomic E-state index is 12.6. The topological polar surface area (TPSA) is 206 Å². The largest absolute Gasteiger partial charge is 0.463 e. The van der Waals surface area contributed by atoms with Gasteiger partial charge in [0.05, 0.1) is 22.9 Å². The Morgan fingerprint density at radius 2 is 1.81 bits per heavy atom. The Labute approximate surface area is 245 Å². The van der Waals surface area contributed by atoms with Gasteiger partial charge in [-0.15, -0.1) is 0 Å². The van der Waals surface area contributed by atoms with E-state index in [-0.39, 0.29) is 34.7 Å². The molecule has 4 atom stereocenters. The molecule has 16 heteroatoms. The first-order valence-electron chi connectivity index (χ1n) is 13.4. The van der Waals surface area contributed by atoms with E-state index >= 15 is 0 Å². The lowest BCUT2D eigenvalue weighted by molar-refractivity contribution is -0.169. The molecular weight excluding hydrogens is 570 g/mol. The summed E-state index contributed by atoms with van der Waals surface area (Å²) in [5, 5.41) is 17.1. The summed E-state index contributed by atoms with van der Waals surface area (Å²) in [4.78, 5) is 69.3. The minimum absolute atomic E-state index is 0.0227. The fourth-order valence-electron chi connectivity index (χ4n) is 4.49. The molecule has 0 saturated carbocycles.